The van der Waals surface area contributed by atoms with Gasteiger partial charge in [0.25, 0.3) is 0 Å². The number of H-pyrrole nitrogens is 1. The van der Waals surface area contributed by atoms with E-state index in [-0.39, 0.29) is 0 Å². The first kappa shape index (κ1) is 9.91. The number of fused-ring (bicyclic) bond motifs is 1. The molecule has 0 radical (unpaired) electrons. The fraction of sp³-hybridized carbons (Fsp3) is 0.429. The molecule has 1 saturated heterocycles. The van der Waals surface area contributed by atoms with Gasteiger partial charge < -0.3 is 10.3 Å². The van der Waals surface area contributed by atoms with Gasteiger partial charge in [0.1, 0.15) is 0 Å². The molecule has 0 aliphatic carbocycles. The van der Waals surface area contributed by atoms with Gasteiger partial charge in [-0.1, -0.05) is 12.1 Å². The Balaban J connectivity index is 2.14. The standard InChI is InChI=1S/C14H18N2/c1-9-3-4-12-10(2)14(16-13(12)7-9)11-5-6-15-8-11/h3-4,7,11,15-16H,5-6,8H2,1-2H3. The summed E-state index contributed by atoms with van der Waals surface area (Å²) in [6, 6.07) is 6.68. The van der Waals surface area contributed by atoms with Crippen molar-refractivity contribution in [3.63, 3.8) is 0 Å². The average molecular weight is 214 g/mol. The molecule has 0 saturated carbocycles. The third kappa shape index (κ3) is 1.45. The number of rotatable bonds is 1. The Bertz CT molecular complexity index is 519. The van der Waals surface area contributed by atoms with Gasteiger partial charge in [-0.25, -0.2) is 0 Å². The second-order valence-corrected chi connectivity index (χ2v) is 4.90. The fourth-order valence-electron chi connectivity index (χ4n) is 2.78. The molecule has 1 fully saturated rings. The van der Waals surface area contributed by atoms with Crippen molar-refractivity contribution in [2.75, 3.05) is 13.1 Å². The molecule has 0 bridgehead atoms. The zero-order chi connectivity index (χ0) is 11.1. The second-order valence-electron chi connectivity index (χ2n) is 4.90. The normalized spacial score (nSPS) is 20.8. The van der Waals surface area contributed by atoms with Crippen molar-refractivity contribution in [2.24, 2.45) is 0 Å². The lowest BCUT2D eigenvalue weighted by molar-refractivity contribution is 0.738. The fourth-order valence-corrected chi connectivity index (χ4v) is 2.78. The first-order chi connectivity index (χ1) is 7.75. The minimum absolute atomic E-state index is 0.674. The molecule has 1 unspecified atom stereocenters. The zero-order valence-corrected chi connectivity index (χ0v) is 9.93. The van der Waals surface area contributed by atoms with E-state index in [4.69, 9.17) is 0 Å². The van der Waals surface area contributed by atoms with E-state index in [1.807, 2.05) is 0 Å². The number of nitrogens with one attached hydrogen (secondary N) is 2. The van der Waals surface area contributed by atoms with Crippen LogP contribution >= 0.6 is 0 Å². The molecule has 3 rings (SSSR count). The average Bonchev–Trinajstić information content (AvgIpc) is 2.86. The van der Waals surface area contributed by atoms with E-state index in [0.717, 1.165) is 13.1 Å². The van der Waals surface area contributed by atoms with Crippen LogP contribution in [0.15, 0.2) is 18.2 Å². The van der Waals surface area contributed by atoms with E-state index >= 15 is 0 Å². The van der Waals surface area contributed by atoms with E-state index in [1.165, 1.54) is 34.1 Å². The SMILES string of the molecule is Cc1ccc2c(C)c(C3CCNC3)[nH]c2c1. The first-order valence-electron chi connectivity index (χ1n) is 6.05. The lowest BCUT2D eigenvalue weighted by Gasteiger charge is -2.06. The first-order valence-corrected chi connectivity index (χ1v) is 6.05. The molecule has 1 aromatic carbocycles. The summed E-state index contributed by atoms with van der Waals surface area (Å²) in [7, 11) is 0. The predicted octanol–water partition coefficient (Wildman–Crippen LogP) is 2.86. The van der Waals surface area contributed by atoms with Crippen molar-refractivity contribution in [2.45, 2.75) is 26.2 Å². The molecule has 2 nitrogen and oxygen atoms in total. The van der Waals surface area contributed by atoms with E-state index < -0.39 is 0 Å². The summed E-state index contributed by atoms with van der Waals surface area (Å²) in [4.78, 5) is 3.61. The van der Waals surface area contributed by atoms with Gasteiger partial charge in [0.2, 0.25) is 0 Å². The summed E-state index contributed by atoms with van der Waals surface area (Å²) < 4.78 is 0. The minimum atomic E-state index is 0.674. The van der Waals surface area contributed by atoms with Gasteiger partial charge in [0, 0.05) is 29.1 Å². The molecular formula is C14H18N2. The summed E-state index contributed by atoms with van der Waals surface area (Å²) in [5.41, 5.74) is 5.48. The van der Waals surface area contributed by atoms with Gasteiger partial charge in [-0.05, 0) is 44.0 Å². The van der Waals surface area contributed by atoms with E-state index in [9.17, 15) is 0 Å². The molecular weight excluding hydrogens is 196 g/mol. The van der Waals surface area contributed by atoms with Crippen LogP contribution in [0.2, 0.25) is 0 Å². The van der Waals surface area contributed by atoms with Crippen LogP contribution in [0.5, 0.6) is 0 Å². The molecule has 16 heavy (non-hydrogen) atoms. The van der Waals surface area contributed by atoms with Crippen molar-refractivity contribution in [1.29, 1.82) is 0 Å². The van der Waals surface area contributed by atoms with Gasteiger partial charge in [-0.3, -0.25) is 0 Å². The Morgan fingerprint density at radius 2 is 2.12 bits per heavy atom. The van der Waals surface area contributed by atoms with Crippen molar-refractivity contribution >= 4 is 10.9 Å². The Labute approximate surface area is 96.1 Å². The molecule has 0 amide bonds. The number of hydrogen-bond donors (Lipinski definition) is 2. The maximum atomic E-state index is 3.61. The van der Waals surface area contributed by atoms with Crippen LogP contribution in [0, 0.1) is 13.8 Å². The van der Waals surface area contributed by atoms with Crippen molar-refractivity contribution in [3.05, 3.63) is 35.0 Å². The number of aryl methyl sites for hydroxylation is 2. The summed E-state index contributed by atoms with van der Waals surface area (Å²) in [6.45, 7) is 6.65. The Morgan fingerprint density at radius 3 is 2.88 bits per heavy atom. The molecule has 0 spiro atoms. The second kappa shape index (κ2) is 3.63. The molecule has 1 aliphatic heterocycles. The quantitative estimate of drug-likeness (QED) is 0.750. The van der Waals surface area contributed by atoms with Crippen LogP contribution in [0.4, 0.5) is 0 Å². The number of benzene rings is 1. The zero-order valence-electron chi connectivity index (χ0n) is 9.93. The third-order valence-electron chi connectivity index (χ3n) is 3.72. The van der Waals surface area contributed by atoms with Crippen molar-refractivity contribution in [1.82, 2.24) is 10.3 Å². The summed E-state index contributed by atoms with van der Waals surface area (Å²) >= 11 is 0. The van der Waals surface area contributed by atoms with Crippen LogP contribution < -0.4 is 5.32 Å². The predicted molar refractivity (Wildman–Crippen MR) is 68.0 cm³/mol. The van der Waals surface area contributed by atoms with Gasteiger partial charge in [0.05, 0.1) is 0 Å². The summed E-state index contributed by atoms with van der Waals surface area (Å²) in [5.74, 6) is 0.674. The third-order valence-corrected chi connectivity index (χ3v) is 3.72. The lowest BCUT2D eigenvalue weighted by atomic mass is 10.0. The van der Waals surface area contributed by atoms with Crippen LogP contribution in [-0.4, -0.2) is 18.1 Å². The number of hydrogen-bond acceptors (Lipinski definition) is 1. The highest BCUT2D eigenvalue weighted by Gasteiger charge is 2.21. The van der Waals surface area contributed by atoms with Gasteiger partial charge in [-0.2, -0.15) is 0 Å². The molecule has 2 N–H and O–H groups in total. The molecule has 2 aromatic rings. The van der Waals surface area contributed by atoms with Crippen LogP contribution in [-0.2, 0) is 0 Å². The topological polar surface area (TPSA) is 27.8 Å². The molecule has 1 aliphatic rings. The lowest BCUT2D eigenvalue weighted by Crippen LogP contribution is -2.08. The highest BCUT2D eigenvalue weighted by atomic mass is 14.9. The molecule has 2 heterocycles. The summed E-state index contributed by atoms with van der Waals surface area (Å²) in [6.07, 6.45) is 1.26. The van der Waals surface area contributed by atoms with E-state index in [1.54, 1.807) is 0 Å². The molecule has 2 heteroatoms. The van der Waals surface area contributed by atoms with Gasteiger partial charge in [0.15, 0.2) is 0 Å². The Morgan fingerprint density at radius 1 is 1.25 bits per heavy atom. The van der Waals surface area contributed by atoms with Crippen LogP contribution in [0.25, 0.3) is 10.9 Å². The molecule has 84 valence electrons. The highest BCUT2D eigenvalue weighted by molar-refractivity contribution is 5.85. The summed E-state index contributed by atoms with van der Waals surface area (Å²) in [5, 5.41) is 4.82. The smallest absolute Gasteiger partial charge is 0.0461 e. The Hall–Kier alpha value is -1.28. The van der Waals surface area contributed by atoms with Crippen molar-refractivity contribution in [3.8, 4) is 0 Å². The minimum Gasteiger partial charge on any atom is -0.358 e. The Kier molecular flexibility index (Phi) is 2.25. The monoisotopic (exact) mass is 214 g/mol. The molecule has 1 aromatic heterocycles. The van der Waals surface area contributed by atoms with Crippen LogP contribution in [0.3, 0.4) is 0 Å². The number of aromatic amines is 1. The largest absolute Gasteiger partial charge is 0.358 e. The van der Waals surface area contributed by atoms with E-state index in [2.05, 4.69) is 42.3 Å². The van der Waals surface area contributed by atoms with Gasteiger partial charge >= 0.3 is 0 Å². The van der Waals surface area contributed by atoms with Crippen molar-refractivity contribution < 1.29 is 0 Å². The maximum Gasteiger partial charge on any atom is 0.0461 e. The maximum absolute atomic E-state index is 3.61. The number of aromatic nitrogens is 1. The highest BCUT2D eigenvalue weighted by Crippen LogP contribution is 2.30. The van der Waals surface area contributed by atoms with E-state index in [0.29, 0.717) is 5.92 Å². The molecule has 1 atom stereocenters. The van der Waals surface area contributed by atoms with Gasteiger partial charge in [-0.15, -0.1) is 0 Å². The van der Waals surface area contributed by atoms with Crippen LogP contribution in [0.1, 0.15) is 29.2 Å².